The van der Waals surface area contributed by atoms with Gasteiger partial charge in [0, 0.05) is 29.4 Å². The van der Waals surface area contributed by atoms with E-state index in [1.165, 1.54) is 6.20 Å². The lowest BCUT2D eigenvalue weighted by molar-refractivity contribution is 0.0524. The van der Waals surface area contributed by atoms with Crippen LogP contribution < -0.4 is 5.43 Å². The van der Waals surface area contributed by atoms with Gasteiger partial charge < -0.3 is 9.72 Å². The van der Waals surface area contributed by atoms with Gasteiger partial charge in [0.2, 0.25) is 0 Å². The molecule has 0 aliphatic heterocycles. The van der Waals surface area contributed by atoms with Crippen molar-refractivity contribution in [3.63, 3.8) is 0 Å². The van der Waals surface area contributed by atoms with Crippen LogP contribution in [-0.2, 0) is 11.2 Å². The van der Waals surface area contributed by atoms with Crippen LogP contribution in [0.4, 0.5) is 0 Å². The molecule has 4 nitrogen and oxygen atoms in total. The minimum Gasteiger partial charge on any atom is -0.462 e. The van der Waals surface area contributed by atoms with Gasteiger partial charge in [0.15, 0.2) is 5.43 Å². The quantitative estimate of drug-likeness (QED) is 0.881. The summed E-state index contributed by atoms with van der Waals surface area (Å²) in [5, 5.41) is 0.642. The van der Waals surface area contributed by atoms with E-state index in [-0.39, 0.29) is 17.6 Å². The van der Waals surface area contributed by atoms with E-state index in [2.05, 4.69) is 4.98 Å². The molecule has 2 rings (SSSR count). The van der Waals surface area contributed by atoms with Crippen molar-refractivity contribution >= 4 is 17.6 Å². The van der Waals surface area contributed by atoms with Crippen LogP contribution in [0.1, 0.15) is 28.4 Å². The summed E-state index contributed by atoms with van der Waals surface area (Å²) in [6.07, 6.45) is 3.39. The summed E-state index contributed by atoms with van der Waals surface area (Å²) in [5.41, 5.74) is 1.18. The summed E-state index contributed by atoms with van der Waals surface area (Å²) in [7, 11) is 0. The molecule has 0 fully saturated rings. The van der Waals surface area contributed by atoms with Gasteiger partial charge >= 0.3 is 5.97 Å². The Morgan fingerprint density at radius 3 is 2.60 bits per heavy atom. The number of esters is 1. The van der Waals surface area contributed by atoms with Crippen LogP contribution in [0.3, 0.4) is 0 Å². The second kappa shape index (κ2) is 6.39. The topological polar surface area (TPSA) is 59.2 Å². The van der Waals surface area contributed by atoms with Crippen molar-refractivity contribution in [1.29, 1.82) is 0 Å². The van der Waals surface area contributed by atoms with Gasteiger partial charge in [-0.2, -0.15) is 0 Å². The van der Waals surface area contributed by atoms with Crippen LogP contribution in [0.15, 0.2) is 41.5 Å². The molecular weight excluding hydrogens is 278 g/mol. The lowest BCUT2D eigenvalue weighted by Gasteiger charge is -2.05. The van der Waals surface area contributed by atoms with Gasteiger partial charge in [0.05, 0.1) is 6.61 Å². The van der Waals surface area contributed by atoms with Crippen LogP contribution in [0.2, 0.25) is 5.02 Å². The van der Waals surface area contributed by atoms with E-state index in [4.69, 9.17) is 16.3 Å². The highest BCUT2D eigenvalue weighted by atomic mass is 35.5. The largest absolute Gasteiger partial charge is 0.462 e. The van der Waals surface area contributed by atoms with Crippen molar-refractivity contribution in [3.05, 3.63) is 68.6 Å². The van der Waals surface area contributed by atoms with Gasteiger partial charge in [-0.25, -0.2) is 4.79 Å². The Kier molecular flexibility index (Phi) is 4.58. The lowest BCUT2D eigenvalue weighted by atomic mass is 10.0. The zero-order chi connectivity index (χ0) is 14.5. The summed E-state index contributed by atoms with van der Waals surface area (Å²) in [6.45, 7) is 1.93. The lowest BCUT2D eigenvalue weighted by Crippen LogP contribution is -2.21. The maximum Gasteiger partial charge on any atom is 0.343 e. The van der Waals surface area contributed by atoms with E-state index in [9.17, 15) is 9.59 Å². The van der Waals surface area contributed by atoms with Gasteiger partial charge in [0.25, 0.3) is 0 Å². The summed E-state index contributed by atoms with van der Waals surface area (Å²) in [6, 6.07) is 7.22. The number of hydrogen-bond donors (Lipinski definition) is 1. The van der Waals surface area contributed by atoms with Crippen LogP contribution in [-0.4, -0.2) is 17.6 Å². The summed E-state index contributed by atoms with van der Waals surface area (Å²) in [5.74, 6) is -0.605. The Morgan fingerprint density at radius 2 is 1.95 bits per heavy atom. The second-order valence-corrected chi connectivity index (χ2v) is 4.68. The second-order valence-electron chi connectivity index (χ2n) is 4.25. The predicted octanol–water partition coefficient (Wildman–Crippen LogP) is 2.80. The monoisotopic (exact) mass is 291 g/mol. The molecule has 0 unspecified atom stereocenters. The first kappa shape index (κ1) is 14.3. The molecule has 1 aromatic carbocycles. The summed E-state index contributed by atoms with van der Waals surface area (Å²) >= 11 is 5.82. The molecular formula is C15H14ClNO3. The molecule has 0 atom stereocenters. The smallest absolute Gasteiger partial charge is 0.343 e. The van der Waals surface area contributed by atoms with E-state index in [0.29, 0.717) is 17.0 Å². The van der Waals surface area contributed by atoms with Crippen molar-refractivity contribution in [2.75, 3.05) is 6.61 Å². The number of halogens is 1. The fourth-order valence-corrected chi connectivity index (χ4v) is 1.97. The van der Waals surface area contributed by atoms with E-state index in [1.807, 2.05) is 12.1 Å². The Labute approximate surface area is 121 Å². The average molecular weight is 292 g/mol. The first-order valence-corrected chi connectivity index (χ1v) is 6.61. The molecule has 1 N–H and O–H groups in total. The third kappa shape index (κ3) is 3.27. The molecule has 0 amide bonds. The molecule has 0 bridgehead atoms. The Balaban J connectivity index is 2.29. The highest BCUT2D eigenvalue weighted by Crippen LogP contribution is 2.12. The highest BCUT2D eigenvalue weighted by Gasteiger charge is 2.14. The maximum absolute atomic E-state index is 12.2. The van der Waals surface area contributed by atoms with Gasteiger partial charge in [-0.1, -0.05) is 23.7 Å². The van der Waals surface area contributed by atoms with Crippen LogP contribution in [0, 0.1) is 0 Å². The number of benzene rings is 1. The average Bonchev–Trinajstić information content (AvgIpc) is 2.44. The number of carbonyl (C=O) groups excluding carboxylic acids is 1. The SMILES string of the molecule is CCOC(=O)c1c[nH]cc(Cc2ccc(Cl)cc2)c1=O. The van der Waals surface area contributed by atoms with E-state index >= 15 is 0 Å². The Morgan fingerprint density at radius 1 is 1.25 bits per heavy atom. The molecule has 1 aromatic heterocycles. The number of aromatic amines is 1. The fourth-order valence-electron chi connectivity index (χ4n) is 1.84. The van der Waals surface area contributed by atoms with Crippen molar-refractivity contribution in [1.82, 2.24) is 4.98 Å². The highest BCUT2D eigenvalue weighted by molar-refractivity contribution is 6.30. The minimum atomic E-state index is -0.605. The first-order valence-electron chi connectivity index (χ1n) is 6.23. The maximum atomic E-state index is 12.2. The molecule has 0 aliphatic rings. The first-order chi connectivity index (χ1) is 9.61. The van der Waals surface area contributed by atoms with Gasteiger partial charge in [-0.15, -0.1) is 0 Å². The fraction of sp³-hybridized carbons (Fsp3) is 0.200. The number of aromatic nitrogens is 1. The van der Waals surface area contributed by atoms with Gasteiger partial charge in [-0.3, -0.25) is 4.79 Å². The number of hydrogen-bond acceptors (Lipinski definition) is 3. The minimum absolute atomic E-state index is 0.0262. The van der Waals surface area contributed by atoms with E-state index < -0.39 is 5.97 Å². The third-order valence-electron chi connectivity index (χ3n) is 2.82. The zero-order valence-corrected chi connectivity index (χ0v) is 11.7. The Hall–Kier alpha value is -2.07. The van der Waals surface area contributed by atoms with E-state index in [0.717, 1.165) is 5.56 Å². The van der Waals surface area contributed by atoms with Crippen molar-refractivity contribution in [3.8, 4) is 0 Å². The molecule has 1 heterocycles. The van der Waals surface area contributed by atoms with Crippen molar-refractivity contribution < 1.29 is 9.53 Å². The van der Waals surface area contributed by atoms with Crippen LogP contribution in [0.5, 0.6) is 0 Å². The molecule has 0 aliphatic carbocycles. The molecule has 0 saturated heterocycles. The van der Waals surface area contributed by atoms with Crippen LogP contribution in [0.25, 0.3) is 0 Å². The number of nitrogens with one attached hydrogen (secondary N) is 1. The molecule has 104 valence electrons. The predicted molar refractivity (Wildman–Crippen MR) is 77.3 cm³/mol. The molecule has 20 heavy (non-hydrogen) atoms. The number of carbonyl (C=O) groups is 1. The van der Waals surface area contributed by atoms with Crippen molar-refractivity contribution in [2.45, 2.75) is 13.3 Å². The molecule has 0 saturated carbocycles. The number of pyridine rings is 1. The number of ether oxygens (including phenoxy) is 1. The molecule has 5 heteroatoms. The number of H-pyrrole nitrogens is 1. The van der Waals surface area contributed by atoms with Gasteiger partial charge in [-0.05, 0) is 24.6 Å². The zero-order valence-electron chi connectivity index (χ0n) is 11.0. The third-order valence-corrected chi connectivity index (χ3v) is 3.08. The summed E-state index contributed by atoms with van der Waals surface area (Å²) in [4.78, 5) is 26.7. The molecule has 2 aromatic rings. The Bertz CT molecular complexity index is 662. The molecule has 0 spiro atoms. The summed E-state index contributed by atoms with van der Waals surface area (Å²) < 4.78 is 4.85. The van der Waals surface area contributed by atoms with Crippen LogP contribution >= 0.6 is 11.6 Å². The van der Waals surface area contributed by atoms with E-state index in [1.54, 1.807) is 25.3 Å². The van der Waals surface area contributed by atoms with Crippen molar-refractivity contribution in [2.24, 2.45) is 0 Å². The standard InChI is InChI=1S/C15H14ClNO3/c1-2-20-15(19)13-9-17-8-11(14(13)18)7-10-3-5-12(16)6-4-10/h3-6,8-9H,2,7H2,1H3,(H,17,18). The van der Waals surface area contributed by atoms with Gasteiger partial charge in [0.1, 0.15) is 5.56 Å². The molecule has 0 radical (unpaired) electrons. The normalized spacial score (nSPS) is 10.3. The number of rotatable bonds is 4.